The molecule has 0 saturated carbocycles. The van der Waals surface area contributed by atoms with E-state index in [1.165, 1.54) is 18.7 Å². The second-order valence-corrected chi connectivity index (χ2v) is 10.4. The molecule has 35 heavy (non-hydrogen) atoms. The lowest BCUT2D eigenvalue weighted by Crippen LogP contribution is -2.67. The van der Waals surface area contributed by atoms with Gasteiger partial charge in [0.2, 0.25) is 5.91 Å². The zero-order valence-electron chi connectivity index (χ0n) is 19.8. The third-order valence-electron chi connectivity index (χ3n) is 6.95. The van der Waals surface area contributed by atoms with Crippen molar-refractivity contribution < 1.29 is 19.1 Å². The maximum Gasteiger partial charge on any atom is 0.254 e. The normalized spacial score (nSPS) is 16.8. The molecule has 1 N–H and O–H groups in total. The number of rotatable bonds is 7. The van der Waals surface area contributed by atoms with Gasteiger partial charge in [0.1, 0.15) is 16.8 Å². The average Bonchev–Trinajstić information content (AvgIpc) is 3.24. The molecule has 2 aromatic carbocycles. The fraction of sp³-hybridized carbons (Fsp3) is 0.423. The van der Waals surface area contributed by atoms with Crippen LogP contribution in [0.4, 0.5) is 10.1 Å². The largest absolute Gasteiger partial charge is 0.381 e. The summed E-state index contributed by atoms with van der Waals surface area (Å²) in [6, 6.07) is 13.1. The molecule has 2 aliphatic rings. The van der Waals surface area contributed by atoms with E-state index in [1.54, 1.807) is 17.0 Å². The van der Waals surface area contributed by atoms with Crippen LogP contribution in [-0.2, 0) is 28.1 Å². The molecule has 7 nitrogen and oxygen atoms in total. The quantitative estimate of drug-likeness (QED) is 0.502. The summed E-state index contributed by atoms with van der Waals surface area (Å²) in [5.74, 6) is 0.224. The van der Waals surface area contributed by atoms with Crippen molar-refractivity contribution >= 4 is 40.1 Å². The minimum atomic E-state index is -1.49. The van der Waals surface area contributed by atoms with E-state index in [0.29, 0.717) is 30.2 Å². The summed E-state index contributed by atoms with van der Waals surface area (Å²) < 4.78 is 14.8. The summed E-state index contributed by atoms with van der Waals surface area (Å²) in [5.41, 5.74) is 0.984. The van der Waals surface area contributed by atoms with Crippen molar-refractivity contribution in [3.63, 3.8) is 0 Å². The maximum absolute atomic E-state index is 13.8. The number of hydrogen-bond acceptors (Lipinski definition) is 4. The molecule has 1 saturated heterocycles. The van der Waals surface area contributed by atoms with Crippen molar-refractivity contribution in [3.8, 4) is 0 Å². The molecule has 1 spiro atoms. The predicted octanol–water partition coefficient (Wildman–Crippen LogP) is 3.84. The fourth-order valence-corrected chi connectivity index (χ4v) is 5.39. The van der Waals surface area contributed by atoms with Gasteiger partial charge in [-0.25, -0.2) is 4.98 Å². The number of alkyl halides is 1. The second kappa shape index (κ2) is 8.60. The monoisotopic (exact) mass is 498 g/mol. The van der Waals surface area contributed by atoms with Gasteiger partial charge in [0.15, 0.2) is 0 Å². The number of aryl methyl sites for hydroxylation is 1. The summed E-state index contributed by atoms with van der Waals surface area (Å²) >= 11 is 6.19. The number of hydrogen-bond donors (Lipinski definition) is 1. The maximum atomic E-state index is 13.8. The molecule has 9 heteroatoms. The number of unbranched alkanes of at least 4 members (excludes halogenated alkanes) is 1. The van der Waals surface area contributed by atoms with Crippen LogP contribution >= 0.6 is 11.6 Å². The highest BCUT2D eigenvalue weighted by atomic mass is 35.5. The first-order chi connectivity index (χ1) is 16.7. The number of likely N-dealkylation sites (tertiary alicyclic amines) is 1. The number of nitrogens with zero attached hydrogens (tertiary/aromatic N) is 4. The second-order valence-electron chi connectivity index (χ2n) is 9.92. The van der Waals surface area contributed by atoms with Crippen LogP contribution in [0.15, 0.2) is 42.5 Å². The molecule has 0 atom stereocenters. The Labute approximate surface area is 208 Å². The Morgan fingerprint density at radius 1 is 1.20 bits per heavy atom. The summed E-state index contributed by atoms with van der Waals surface area (Å²) in [4.78, 5) is 34.5. The number of carbonyl (C=O) groups is 2. The van der Waals surface area contributed by atoms with Crippen molar-refractivity contribution in [2.45, 2.75) is 50.8 Å². The van der Waals surface area contributed by atoms with Crippen LogP contribution in [0.25, 0.3) is 11.0 Å². The first-order valence-electron chi connectivity index (χ1n) is 11.8. The molecule has 1 aromatic heterocycles. The number of aliphatic hydroxyl groups is 1. The number of benzene rings is 2. The Balaban J connectivity index is 1.48. The van der Waals surface area contributed by atoms with Crippen LogP contribution < -0.4 is 4.90 Å². The van der Waals surface area contributed by atoms with E-state index in [1.807, 2.05) is 34.9 Å². The molecular weight excluding hydrogens is 471 g/mol. The molecule has 2 aliphatic heterocycles. The summed E-state index contributed by atoms with van der Waals surface area (Å²) in [6.07, 6.45) is 1.10. The molecule has 0 unspecified atom stereocenters. The third kappa shape index (κ3) is 3.89. The molecule has 0 radical (unpaired) electrons. The van der Waals surface area contributed by atoms with Gasteiger partial charge in [-0.2, -0.15) is 0 Å². The lowest BCUT2D eigenvalue weighted by molar-refractivity contribution is -0.158. The highest BCUT2D eigenvalue weighted by Gasteiger charge is 2.60. The van der Waals surface area contributed by atoms with Gasteiger partial charge in [0.05, 0.1) is 24.3 Å². The zero-order valence-corrected chi connectivity index (χ0v) is 20.6. The van der Waals surface area contributed by atoms with Crippen molar-refractivity contribution in [3.05, 3.63) is 58.9 Å². The standard InChI is InChI=1S/C26H28ClFN4O3/c1-25(2,35)23(33)30-15-26(16-30)18-7-3-4-8-20(18)32(24(26)34)14-22-29-19-13-17(27)9-10-21(19)31(22)12-6-5-11-28/h3-4,7-10,13,35H,5-6,11-12,14-16H2,1-2H3. The van der Waals surface area contributed by atoms with Crippen molar-refractivity contribution in [2.24, 2.45) is 0 Å². The van der Waals surface area contributed by atoms with Crippen molar-refractivity contribution in [1.82, 2.24) is 14.5 Å². The number of anilines is 1. The lowest BCUT2D eigenvalue weighted by atomic mass is 9.74. The number of carbonyl (C=O) groups excluding carboxylic acids is 2. The van der Waals surface area contributed by atoms with Gasteiger partial charge in [-0.1, -0.05) is 29.8 Å². The molecular formula is C26H28ClFN4O3. The van der Waals surface area contributed by atoms with Crippen molar-refractivity contribution in [2.75, 3.05) is 24.7 Å². The Kier molecular flexibility index (Phi) is 5.84. The highest BCUT2D eigenvalue weighted by molar-refractivity contribution is 6.31. The van der Waals surface area contributed by atoms with Crippen LogP contribution in [0.3, 0.4) is 0 Å². The van der Waals surface area contributed by atoms with Crippen molar-refractivity contribution in [1.29, 1.82) is 0 Å². The van der Waals surface area contributed by atoms with E-state index in [9.17, 15) is 19.1 Å². The summed E-state index contributed by atoms with van der Waals surface area (Å²) in [5, 5.41) is 10.7. The number of amides is 2. The first kappa shape index (κ1) is 23.8. The third-order valence-corrected chi connectivity index (χ3v) is 7.19. The first-order valence-corrected chi connectivity index (χ1v) is 12.2. The minimum absolute atomic E-state index is 0.0844. The van der Waals surface area contributed by atoms with E-state index in [2.05, 4.69) is 0 Å². The van der Waals surface area contributed by atoms with E-state index in [0.717, 1.165) is 22.3 Å². The molecule has 184 valence electrons. The van der Waals surface area contributed by atoms with Gasteiger partial charge < -0.3 is 19.5 Å². The highest BCUT2D eigenvalue weighted by Crippen LogP contribution is 2.48. The Morgan fingerprint density at radius 3 is 2.66 bits per heavy atom. The molecule has 3 aromatic rings. The van der Waals surface area contributed by atoms with Gasteiger partial charge in [-0.3, -0.25) is 14.0 Å². The number of halogens is 2. The molecule has 2 amide bonds. The van der Waals surface area contributed by atoms with E-state index in [-0.39, 0.29) is 32.2 Å². The number of aromatic nitrogens is 2. The number of fused-ring (bicyclic) bond motifs is 3. The fourth-order valence-electron chi connectivity index (χ4n) is 5.22. The average molecular weight is 499 g/mol. The van der Waals surface area contributed by atoms with E-state index in [4.69, 9.17) is 16.6 Å². The summed E-state index contributed by atoms with van der Waals surface area (Å²) in [7, 11) is 0. The SMILES string of the molecule is CC(C)(O)C(=O)N1CC2(C1)C(=O)N(Cc1nc3cc(Cl)ccc3n1CCCCF)c1ccccc12. The van der Waals surface area contributed by atoms with Crippen LogP contribution in [0, 0.1) is 0 Å². The van der Waals surface area contributed by atoms with Crippen LogP contribution in [0.1, 0.15) is 38.1 Å². The van der Waals surface area contributed by atoms with Crippen LogP contribution in [-0.4, -0.2) is 56.7 Å². The molecule has 0 aliphatic carbocycles. The molecule has 5 rings (SSSR count). The van der Waals surface area contributed by atoms with Gasteiger partial charge in [0.25, 0.3) is 5.91 Å². The minimum Gasteiger partial charge on any atom is -0.381 e. The lowest BCUT2D eigenvalue weighted by Gasteiger charge is -2.48. The Hall–Kier alpha value is -2.97. The molecule has 1 fully saturated rings. The van der Waals surface area contributed by atoms with E-state index < -0.39 is 16.9 Å². The molecule has 3 heterocycles. The zero-order chi connectivity index (χ0) is 25.0. The van der Waals surface area contributed by atoms with Gasteiger partial charge in [-0.05, 0) is 56.5 Å². The molecule has 0 bridgehead atoms. The number of para-hydroxylation sites is 1. The van der Waals surface area contributed by atoms with E-state index >= 15 is 0 Å². The predicted molar refractivity (Wildman–Crippen MR) is 132 cm³/mol. The Bertz CT molecular complexity index is 1310. The van der Waals surface area contributed by atoms with Crippen LogP contribution in [0.2, 0.25) is 5.02 Å². The van der Waals surface area contributed by atoms with Gasteiger partial charge >= 0.3 is 0 Å². The van der Waals surface area contributed by atoms with Gasteiger partial charge in [0, 0.05) is 30.3 Å². The smallest absolute Gasteiger partial charge is 0.254 e. The number of imidazole rings is 1. The van der Waals surface area contributed by atoms with Gasteiger partial charge in [-0.15, -0.1) is 0 Å². The topological polar surface area (TPSA) is 78.7 Å². The summed E-state index contributed by atoms with van der Waals surface area (Å²) in [6.45, 7) is 3.82. The Morgan fingerprint density at radius 2 is 1.94 bits per heavy atom. The van der Waals surface area contributed by atoms with Crippen LogP contribution in [0.5, 0.6) is 0 Å².